The maximum Gasteiger partial charge on any atom is 0.0708 e. The van der Waals surface area contributed by atoms with Crippen molar-refractivity contribution >= 4 is 17.7 Å². The van der Waals surface area contributed by atoms with E-state index in [0.717, 1.165) is 28.0 Å². The minimum Gasteiger partial charge on any atom is -0.264 e. The van der Waals surface area contributed by atoms with Crippen molar-refractivity contribution < 1.29 is 0 Å². The van der Waals surface area contributed by atoms with E-state index in [4.69, 9.17) is 0 Å². The largest absolute Gasteiger partial charge is 0.264 e. The molecule has 0 amide bonds. The summed E-state index contributed by atoms with van der Waals surface area (Å²) < 4.78 is 0. The minimum atomic E-state index is 0.962. The average Bonchev–Trinajstić information content (AvgIpc) is 2.49. The summed E-state index contributed by atoms with van der Waals surface area (Å²) in [7, 11) is 0. The van der Waals surface area contributed by atoms with Gasteiger partial charge in [-0.2, -0.15) is 0 Å². The third-order valence-corrected chi connectivity index (χ3v) is 2.76. The number of hydrogen-bond acceptors (Lipinski definition) is 2. The second-order valence-electron chi connectivity index (χ2n) is 3.71. The Kier molecular flexibility index (Phi) is 1.93. The van der Waals surface area contributed by atoms with E-state index in [0.29, 0.717) is 0 Å². The van der Waals surface area contributed by atoms with Crippen LogP contribution in [-0.4, -0.2) is 9.97 Å². The fraction of sp³-hybridized carbons (Fsp3) is 0. The molecular formula is C14H10N2. The Bertz CT molecular complexity index is 546. The molecule has 0 atom stereocenters. The van der Waals surface area contributed by atoms with Crippen LogP contribution in [0.25, 0.3) is 17.7 Å². The molecule has 3 rings (SSSR count). The van der Waals surface area contributed by atoms with Crippen LogP contribution in [0.3, 0.4) is 0 Å². The Morgan fingerprint density at radius 1 is 1.00 bits per heavy atom. The second-order valence-corrected chi connectivity index (χ2v) is 3.71. The Morgan fingerprint density at radius 3 is 2.88 bits per heavy atom. The summed E-state index contributed by atoms with van der Waals surface area (Å²) in [5, 5.41) is 0. The van der Waals surface area contributed by atoms with Crippen molar-refractivity contribution in [3.63, 3.8) is 0 Å². The lowest BCUT2D eigenvalue weighted by molar-refractivity contribution is 1.27. The zero-order valence-electron chi connectivity index (χ0n) is 8.72. The van der Waals surface area contributed by atoms with Crippen LogP contribution >= 0.6 is 0 Å². The molecule has 0 unspecified atom stereocenters. The van der Waals surface area contributed by atoms with Gasteiger partial charge in [-0.3, -0.25) is 9.97 Å². The highest BCUT2D eigenvalue weighted by atomic mass is 14.7. The molecule has 0 aliphatic heterocycles. The molecule has 0 saturated carbocycles. The SMILES string of the molecule is C=C1c2cnccc2C=Cc2ncccc21. The van der Waals surface area contributed by atoms with Crippen LogP contribution in [0.2, 0.25) is 0 Å². The van der Waals surface area contributed by atoms with E-state index >= 15 is 0 Å². The molecule has 0 spiro atoms. The Labute approximate surface area is 94.0 Å². The second kappa shape index (κ2) is 3.42. The molecule has 0 fully saturated rings. The van der Waals surface area contributed by atoms with E-state index in [1.54, 1.807) is 12.4 Å². The molecule has 16 heavy (non-hydrogen) atoms. The van der Waals surface area contributed by atoms with E-state index in [9.17, 15) is 0 Å². The third-order valence-electron chi connectivity index (χ3n) is 2.76. The molecule has 0 saturated heterocycles. The van der Waals surface area contributed by atoms with Crippen molar-refractivity contribution in [1.82, 2.24) is 9.97 Å². The van der Waals surface area contributed by atoms with Gasteiger partial charge in [-0.25, -0.2) is 0 Å². The van der Waals surface area contributed by atoms with Gasteiger partial charge in [0.15, 0.2) is 0 Å². The lowest BCUT2D eigenvalue weighted by atomic mass is 9.99. The van der Waals surface area contributed by atoms with Gasteiger partial charge in [0.1, 0.15) is 0 Å². The van der Waals surface area contributed by atoms with Gasteiger partial charge in [0.2, 0.25) is 0 Å². The first-order valence-corrected chi connectivity index (χ1v) is 5.13. The van der Waals surface area contributed by atoms with E-state index in [2.05, 4.69) is 22.6 Å². The number of nitrogens with zero attached hydrogens (tertiary/aromatic N) is 2. The highest BCUT2D eigenvalue weighted by Gasteiger charge is 2.13. The quantitative estimate of drug-likeness (QED) is 0.565. The Balaban J connectivity index is 2.30. The normalized spacial score (nSPS) is 12.9. The Hall–Kier alpha value is -2.22. The van der Waals surface area contributed by atoms with Gasteiger partial charge in [0.05, 0.1) is 5.69 Å². The summed E-state index contributed by atoms with van der Waals surface area (Å²) in [5.41, 5.74) is 5.23. The van der Waals surface area contributed by atoms with Crippen LogP contribution in [0.1, 0.15) is 22.4 Å². The van der Waals surface area contributed by atoms with Gasteiger partial charge in [-0.1, -0.05) is 18.7 Å². The van der Waals surface area contributed by atoms with E-state index in [1.807, 2.05) is 30.5 Å². The topological polar surface area (TPSA) is 25.8 Å². The molecule has 1 aliphatic rings. The van der Waals surface area contributed by atoms with Crippen LogP contribution in [0.5, 0.6) is 0 Å². The zero-order valence-corrected chi connectivity index (χ0v) is 8.72. The molecule has 2 heterocycles. The maximum atomic E-state index is 4.34. The fourth-order valence-electron chi connectivity index (χ4n) is 1.92. The molecule has 76 valence electrons. The van der Waals surface area contributed by atoms with Gasteiger partial charge in [-0.05, 0) is 29.3 Å². The van der Waals surface area contributed by atoms with Crippen LogP contribution in [-0.2, 0) is 0 Å². The highest BCUT2D eigenvalue weighted by Crippen LogP contribution is 2.30. The molecule has 2 aromatic rings. The number of hydrogen-bond donors (Lipinski definition) is 0. The lowest BCUT2D eigenvalue weighted by Gasteiger charge is -2.07. The molecule has 2 aromatic heterocycles. The van der Waals surface area contributed by atoms with Gasteiger partial charge >= 0.3 is 0 Å². The summed E-state index contributed by atoms with van der Waals surface area (Å²) in [6.07, 6.45) is 9.52. The monoisotopic (exact) mass is 206 g/mol. The molecule has 0 aromatic carbocycles. The van der Waals surface area contributed by atoms with Crippen molar-refractivity contribution in [1.29, 1.82) is 0 Å². The van der Waals surface area contributed by atoms with Crippen molar-refractivity contribution in [2.75, 3.05) is 0 Å². The molecule has 2 heteroatoms. The standard InChI is InChI=1S/C14H10N2/c1-10-12-3-2-7-16-14(12)5-4-11-6-8-15-9-13(10)11/h2-9H,1H2. The number of rotatable bonds is 0. The van der Waals surface area contributed by atoms with E-state index < -0.39 is 0 Å². The molecule has 2 nitrogen and oxygen atoms in total. The molecule has 1 aliphatic carbocycles. The number of aromatic nitrogens is 2. The predicted molar refractivity (Wildman–Crippen MR) is 65.5 cm³/mol. The molecule has 0 N–H and O–H groups in total. The maximum absolute atomic E-state index is 4.34. The summed E-state index contributed by atoms with van der Waals surface area (Å²) >= 11 is 0. The van der Waals surface area contributed by atoms with Crippen LogP contribution in [0.15, 0.2) is 43.4 Å². The van der Waals surface area contributed by atoms with E-state index in [1.165, 1.54) is 0 Å². The summed E-state index contributed by atoms with van der Waals surface area (Å²) in [4.78, 5) is 8.49. The van der Waals surface area contributed by atoms with Gasteiger partial charge in [0, 0.05) is 29.7 Å². The van der Waals surface area contributed by atoms with Gasteiger partial charge < -0.3 is 0 Å². The highest BCUT2D eigenvalue weighted by molar-refractivity contribution is 5.91. The lowest BCUT2D eigenvalue weighted by Crippen LogP contribution is -1.92. The van der Waals surface area contributed by atoms with Crippen LogP contribution in [0, 0.1) is 0 Å². The molecule has 0 bridgehead atoms. The first kappa shape index (κ1) is 9.04. The van der Waals surface area contributed by atoms with Gasteiger partial charge in [-0.15, -0.1) is 0 Å². The summed E-state index contributed by atoms with van der Waals surface area (Å²) in [5.74, 6) is 0. The fourth-order valence-corrected chi connectivity index (χ4v) is 1.92. The number of fused-ring (bicyclic) bond motifs is 2. The zero-order chi connectivity index (χ0) is 11.0. The van der Waals surface area contributed by atoms with Crippen molar-refractivity contribution in [2.24, 2.45) is 0 Å². The first-order valence-electron chi connectivity index (χ1n) is 5.13. The van der Waals surface area contributed by atoms with Crippen LogP contribution < -0.4 is 0 Å². The summed E-state index contributed by atoms with van der Waals surface area (Å²) in [6.45, 7) is 4.14. The molecule has 0 radical (unpaired) electrons. The molecular weight excluding hydrogens is 196 g/mol. The third kappa shape index (κ3) is 1.27. The number of pyridine rings is 2. The van der Waals surface area contributed by atoms with Crippen molar-refractivity contribution in [2.45, 2.75) is 0 Å². The van der Waals surface area contributed by atoms with E-state index in [-0.39, 0.29) is 0 Å². The van der Waals surface area contributed by atoms with Crippen molar-refractivity contribution in [3.05, 3.63) is 65.8 Å². The average molecular weight is 206 g/mol. The summed E-state index contributed by atoms with van der Waals surface area (Å²) in [6, 6.07) is 5.96. The van der Waals surface area contributed by atoms with Gasteiger partial charge in [0.25, 0.3) is 0 Å². The Morgan fingerprint density at radius 2 is 1.94 bits per heavy atom. The minimum absolute atomic E-state index is 0.962. The van der Waals surface area contributed by atoms with Crippen LogP contribution in [0.4, 0.5) is 0 Å². The first-order chi connectivity index (χ1) is 7.86. The van der Waals surface area contributed by atoms with Crippen molar-refractivity contribution in [3.8, 4) is 0 Å². The predicted octanol–water partition coefficient (Wildman–Crippen LogP) is 3.02. The smallest absolute Gasteiger partial charge is 0.0708 e.